The number of carbonyl (C=O) groups excluding carboxylic acids is 10. The fourth-order valence-electron chi connectivity index (χ4n) is 9.10. The van der Waals surface area contributed by atoms with Crippen LogP contribution in [0.2, 0.25) is 0 Å². The summed E-state index contributed by atoms with van der Waals surface area (Å²) in [6, 6.07) is -0.927. The molecule has 0 aliphatic carbocycles. The quantitative estimate of drug-likeness (QED) is 0.0330. The monoisotopic (exact) mass is 1190 g/mol. The molecule has 23 heteroatoms. The Labute approximate surface area is 497 Å². The maximum absolute atomic E-state index is 14.3. The molecule has 9 N–H and O–H groups in total. The molecule has 0 unspecified atom stereocenters. The van der Waals surface area contributed by atoms with Gasteiger partial charge in [0, 0.05) is 0 Å². The number of carbonyl (C=O) groups is 10. The third-order valence-electron chi connectivity index (χ3n) is 13.2. The lowest BCUT2D eigenvalue weighted by Gasteiger charge is -2.32. The topological polar surface area (TPSA) is 288 Å². The van der Waals surface area contributed by atoms with Crippen molar-refractivity contribution in [3.63, 3.8) is 0 Å². The van der Waals surface area contributed by atoms with Crippen molar-refractivity contribution < 1.29 is 65.9 Å². The van der Waals surface area contributed by atoms with Gasteiger partial charge in [-0.2, -0.15) is 13.2 Å². The highest BCUT2D eigenvalue weighted by Gasteiger charge is 2.42. The minimum absolute atomic E-state index is 0.00329. The van der Waals surface area contributed by atoms with Crippen LogP contribution < -0.4 is 47.9 Å². The molecule has 0 aliphatic rings. The molecule has 0 radical (unpaired) electrons. The van der Waals surface area contributed by atoms with Crippen molar-refractivity contribution in [2.75, 3.05) is 0 Å². The number of hydrogen-bond donors (Lipinski definition) is 9. The van der Waals surface area contributed by atoms with Crippen LogP contribution in [-0.2, 0) is 59.3 Å². The van der Waals surface area contributed by atoms with Crippen LogP contribution in [0, 0.1) is 47.3 Å². The Morgan fingerprint density at radius 3 is 0.869 bits per heavy atom. The summed E-state index contributed by atoms with van der Waals surface area (Å²) < 4.78 is 45.3. The van der Waals surface area contributed by atoms with Gasteiger partial charge in [-0.05, 0) is 118 Å². The normalized spacial score (nSPS) is 14.9. The molecule has 84 heavy (non-hydrogen) atoms. The van der Waals surface area contributed by atoms with Crippen molar-refractivity contribution in [3.05, 3.63) is 35.9 Å². The van der Waals surface area contributed by atoms with Gasteiger partial charge in [0.05, 0.1) is 0 Å². The van der Waals surface area contributed by atoms with Gasteiger partial charge in [0.1, 0.15) is 60.5 Å². The van der Waals surface area contributed by atoms with Gasteiger partial charge in [-0.25, -0.2) is 4.79 Å². The molecule has 478 valence electrons. The van der Waals surface area contributed by atoms with Crippen LogP contribution in [0.15, 0.2) is 30.3 Å². The second-order valence-corrected chi connectivity index (χ2v) is 26.2. The molecule has 0 heterocycles. The van der Waals surface area contributed by atoms with E-state index in [-0.39, 0.29) is 105 Å². The van der Waals surface area contributed by atoms with Crippen LogP contribution in [0.3, 0.4) is 0 Å². The van der Waals surface area contributed by atoms with Gasteiger partial charge in [0.15, 0.2) is 0 Å². The van der Waals surface area contributed by atoms with Gasteiger partial charge in [-0.15, -0.1) is 0 Å². The van der Waals surface area contributed by atoms with E-state index in [0.717, 1.165) is 5.56 Å². The fourth-order valence-corrected chi connectivity index (χ4v) is 9.10. The molecule has 0 bridgehead atoms. The Morgan fingerprint density at radius 2 is 0.595 bits per heavy atom. The highest BCUT2D eigenvalue weighted by atomic mass is 19.4. The number of halogens is 3. The second-order valence-electron chi connectivity index (χ2n) is 26.2. The van der Waals surface area contributed by atoms with E-state index in [1.165, 1.54) is 13.8 Å². The summed E-state index contributed by atoms with van der Waals surface area (Å²) >= 11 is 0. The zero-order chi connectivity index (χ0) is 64.6. The molecular formula is C61H102F3N9O11. The van der Waals surface area contributed by atoms with Crippen LogP contribution in [0.4, 0.5) is 13.2 Å². The number of esters is 1. The van der Waals surface area contributed by atoms with Crippen molar-refractivity contribution in [2.24, 2.45) is 47.3 Å². The largest absolute Gasteiger partial charge is 0.471 e. The number of nitrogens with one attached hydrogen (secondary N) is 9. The predicted octanol–water partition coefficient (Wildman–Crippen LogP) is 6.43. The summed E-state index contributed by atoms with van der Waals surface area (Å²) in [5.74, 6) is -10.4. The maximum Gasteiger partial charge on any atom is 0.471 e. The van der Waals surface area contributed by atoms with Gasteiger partial charge >= 0.3 is 18.1 Å². The van der Waals surface area contributed by atoms with E-state index in [9.17, 15) is 61.1 Å². The molecule has 0 saturated carbocycles. The highest BCUT2D eigenvalue weighted by molar-refractivity contribution is 5.99. The average molecular weight is 1190 g/mol. The van der Waals surface area contributed by atoms with E-state index < -0.39 is 119 Å². The van der Waals surface area contributed by atoms with E-state index in [1.807, 2.05) is 85.7 Å². The first-order valence-corrected chi connectivity index (χ1v) is 29.8. The lowest BCUT2D eigenvalue weighted by atomic mass is 9.96. The van der Waals surface area contributed by atoms with Gasteiger partial charge in [-0.1, -0.05) is 141 Å². The maximum atomic E-state index is 14.3. The first kappa shape index (κ1) is 75.7. The zero-order valence-electron chi connectivity index (χ0n) is 53.1. The molecule has 8 atom stereocenters. The lowest BCUT2D eigenvalue weighted by molar-refractivity contribution is -0.174. The number of ether oxygens (including phenoxy) is 1. The Kier molecular flexibility index (Phi) is 32.3. The SMILES string of the molecule is CC(C)C[C@H](NC(=O)[C@H](CC(C)C)NC(=O)[C@H](CC(C)C)NC(=O)C(F)(F)F)C(=O)N[C@@H](CC(C)C)C(=O)NC(C)(C)C(=O)N[C@@H](CC(C)C)C(=O)N[C@@H](CC(C)C)C(=O)N[C@@H](CC(C)C)C(=O)N[C@@H](CC(C)C)C(=O)OCc1ccccc1. The summed E-state index contributed by atoms with van der Waals surface area (Å²) in [5, 5.41) is 23.5. The summed E-state index contributed by atoms with van der Waals surface area (Å²) in [4.78, 5) is 138. The summed E-state index contributed by atoms with van der Waals surface area (Å²) in [6.07, 6.45) is -4.58. The first-order chi connectivity index (χ1) is 38.7. The van der Waals surface area contributed by atoms with E-state index in [0.29, 0.717) is 0 Å². The predicted molar refractivity (Wildman–Crippen MR) is 316 cm³/mol. The number of hydrogen-bond acceptors (Lipinski definition) is 11. The molecule has 1 aromatic carbocycles. The van der Waals surface area contributed by atoms with E-state index >= 15 is 0 Å². The third kappa shape index (κ3) is 29.5. The van der Waals surface area contributed by atoms with Crippen molar-refractivity contribution in [1.29, 1.82) is 0 Å². The minimum atomic E-state index is -5.27. The van der Waals surface area contributed by atoms with Crippen LogP contribution in [0.1, 0.15) is 182 Å². The van der Waals surface area contributed by atoms with Crippen molar-refractivity contribution >= 4 is 59.1 Å². The number of alkyl halides is 3. The molecule has 1 rings (SSSR count). The van der Waals surface area contributed by atoms with Gasteiger partial charge in [0.25, 0.3) is 0 Å². The Hall–Kier alpha value is -6.29. The van der Waals surface area contributed by atoms with Gasteiger partial charge in [-0.3, -0.25) is 43.2 Å². The number of benzene rings is 1. The van der Waals surface area contributed by atoms with Crippen LogP contribution >= 0.6 is 0 Å². The Balaban J connectivity index is 3.43. The lowest BCUT2D eigenvalue weighted by Crippen LogP contribution is -2.63. The number of rotatable bonds is 36. The second kappa shape index (κ2) is 35.9. The van der Waals surface area contributed by atoms with Crippen LogP contribution in [-0.4, -0.2) is 119 Å². The molecule has 9 amide bonds. The summed E-state index contributed by atoms with van der Waals surface area (Å²) in [6.45, 7) is 31.7. The molecular weight excluding hydrogens is 1090 g/mol. The molecule has 0 aliphatic heterocycles. The Bertz CT molecular complexity index is 2310. The van der Waals surface area contributed by atoms with E-state index in [2.05, 4.69) is 42.5 Å². The van der Waals surface area contributed by atoms with E-state index in [1.54, 1.807) is 60.7 Å². The highest BCUT2D eigenvalue weighted by Crippen LogP contribution is 2.19. The average Bonchev–Trinajstić information content (AvgIpc) is 3.58. The molecule has 1 aromatic rings. The molecule has 0 fully saturated rings. The molecule has 0 spiro atoms. The van der Waals surface area contributed by atoms with Gasteiger partial charge in [0.2, 0.25) is 47.3 Å². The summed E-state index contributed by atoms with van der Waals surface area (Å²) in [7, 11) is 0. The minimum Gasteiger partial charge on any atom is -0.459 e. The molecule has 20 nitrogen and oxygen atoms in total. The van der Waals surface area contributed by atoms with Crippen molar-refractivity contribution in [2.45, 2.75) is 243 Å². The smallest absolute Gasteiger partial charge is 0.459 e. The van der Waals surface area contributed by atoms with E-state index in [4.69, 9.17) is 4.74 Å². The fraction of sp³-hybridized carbons (Fsp3) is 0.738. The zero-order valence-corrected chi connectivity index (χ0v) is 53.1. The van der Waals surface area contributed by atoms with Crippen molar-refractivity contribution in [3.8, 4) is 0 Å². The first-order valence-electron chi connectivity index (χ1n) is 29.8. The van der Waals surface area contributed by atoms with Gasteiger partial charge < -0.3 is 52.6 Å². The van der Waals surface area contributed by atoms with Crippen LogP contribution in [0.5, 0.6) is 0 Å². The number of amides is 9. The molecule has 0 aromatic heterocycles. The summed E-state index contributed by atoms with van der Waals surface area (Å²) in [5.41, 5.74) is -0.951. The third-order valence-corrected chi connectivity index (χ3v) is 13.2. The van der Waals surface area contributed by atoms with Crippen LogP contribution in [0.25, 0.3) is 0 Å². The van der Waals surface area contributed by atoms with Crippen molar-refractivity contribution in [1.82, 2.24) is 47.9 Å². The Morgan fingerprint density at radius 1 is 0.357 bits per heavy atom. The molecule has 0 saturated heterocycles. The standard InChI is InChI=1S/C61H102F3N9O11/c1-33(2)24-42(51(75)66-45(27-36(7)8)53(77)70-49(31-40(15)16)57(81)84-32-41-22-20-19-21-23-41)67-54(78)46(28-37(9)10)71-58(82)60(17,18)73-56(80)48(30-39(13)14)69-52(76)44(26-35(5)6)65-50(74)43(25-34(3)4)68-55(79)47(29-38(11)12)72-59(83)61(62,63)64/h19-23,33-40,42-49H,24-32H2,1-18H3,(H,65,74)(H,66,75)(H,67,78)(H,68,79)(H,69,76)(H,70,77)(H,71,82)(H,72,83)(H,73,80)/t42-,43-,44-,45-,46-,47-,48-,49-/m0/s1.